The van der Waals surface area contributed by atoms with Crippen molar-refractivity contribution in [1.82, 2.24) is 15.1 Å². The fourth-order valence-corrected chi connectivity index (χ4v) is 2.98. The molecule has 0 aromatic carbocycles. The van der Waals surface area contributed by atoms with Crippen LogP contribution in [0.3, 0.4) is 0 Å². The highest BCUT2D eigenvalue weighted by atomic mass is 32.1. The molecule has 0 radical (unpaired) electrons. The summed E-state index contributed by atoms with van der Waals surface area (Å²) in [4.78, 5) is 2.52. The van der Waals surface area contributed by atoms with Gasteiger partial charge in [0.15, 0.2) is 3.95 Å². The van der Waals surface area contributed by atoms with Crippen LogP contribution in [0.2, 0.25) is 0 Å². The highest BCUT2D eigenvalue weighted by molar-refractivity contribution is 7.73. The standard InChI is InChI=1S/C10H18N4S2/c1-8(7-14-5-3-2-4-6-14)11-9-12-13-10(15)16-9/h8H,2-7H2,1H3,(H,11,12)(H,13,15). The second-order valence-electron chi connectivity index (χ2n) is 4.32. The van der Waals surface area contributed by atoms with E-state index in [2.05, 4.69) is 27.3 Å². The molecule has 1 fully saturated rings. The van der Waals surface area contributed by atoms with Gasteiger partial charge < -0.3 is 10.2 Å². The minimum Gasteiger partial charge on any atom is -0.356 e. The maximum Gasteiger partial charge on any atom is 0.204 e. The molecule has 0 amide bonds. The Balaban J connectivity index is 1.79. The number of nitrogens with one attached hydrogen (secondary N) is 2. The van der Waals surface area contributed by atoms with Gasteiger partial charge in [0, 0.05) is 12.6 Å². The van der Waals surface area contributed by atoms with E-state index < -0.39 is 0 Å². The molecule has 6 heteroatoms. The molecule has 0 spiro atoms. The third-order valence-electron chi connectivity index (χ3n) is 2.79. The van der Waals surface area contributed by atoms with Crippen LogP contribution in [0.25, 0.3) is 0 Å². The zero-order valence-electron chi connectivity index (χ0n) is 9.53. The number of likely N-dealkylation sites (tertiary alicyclic amines) is 1. The van der Waals surface area contributed by atoms with Crippen LogP contribution in [0.1, 0.15) is 26.2 Å². The number of aromatic amines is 1. The van der Waals surface area contributed by atoms with Crippen LogP contribution >= 0.6 is 23.6 Å². The fourth-order valence-electron chi connectivity index (χ4n) is 2.08. The van der Waals surface area contributed by atoms with E-state index in [0.29, 0.717) is 6.04 Å². The van der Waals surface area contributed by atoms with E-state index in [1.807, 2.05) is 0 Å². The summed E-state index contributed by atoms with van der Waals surface area (Å²) < 4.78 is 0.729. The minimum atomic E-state index is 0.423. The summed E-state index contributed by atoms with van der Waals surface area (Å²) in [5.41, 5.74) is 0. The van der Waals surface area contributed by atoms with E-state index in [1.165, 1.54) is 43.7 Å². The van der Waals surface area contributed by atoms with Gasteiger partial charge in [0.2, 0.25) is 5.13 Å². The molecule has 1 aliphatic heterocycles. The van der Waals surface area contributed by atoms with E-state index in [9.17, 15) is 0 Å². The van der Waals surface area contributed by atoms with Crippen LogP contribution in [0.4, 0.5) is 5.13 Å². The number of nitrogens with zero attached hydrogens (tertiary/aromatic N) is 2. The molecule has 16 heavy (non-hydrogen) atoms. The highest BCUT2D eigenvalue weighted by Gasteiger charge is 2.13. The monoisotopic (exact) mass is 258 g/mol. The van der Waals surface area contributed by atoms with Gasteiger partial charge in [-0.3, -0.25) is 5.10 Å². The van der Waals surface area contributed by atoms with Gasteiger partial charge in [-0.2, -0.15) is 0 Å². The number of rotatable bonds is 4. The van der Waals surface area contributed by atoms with Gasteiger partial charge >= 0.3 is 0 Å². The second-order valence-corrected chi connectivity index (χ2v) is 5.99. The van der Waals surface area contributed by atoms with Crippen LogP contribution < -0.4 is 5.32 Å². The third kappa shape index (κ3) is 3.54. The van der Waals surface area contributed by atoms with Crippen molar-refractivity contribution in [3.05, 3.63) is 3.95 Å². The molecule has 1 aromatic heterocycles. The first-order chi connectivity index (χ1) is 7.74. The number of anilines is 1. The Labute approximate surface area is 105 Å². The largest absolute Gasteiger partial charge is 0.356 e. The summed E-state index contributed by atoms with van der Waals surface area (Å²) in [7, 11) is 0. The third-order valence-corrected chi connectivity index (χ3v) is 3.81. The minimum absolute atomic E-state index is 0.423. The van der Waals surface area contributed by atoms with Crippen molar-refractivity contribution in [3.63, 3.8) is 0 Å². The van der Waals surface area contributed by atoms with Crippen molar-refractivity contribution < 1.29 is 0 Å². The molecular formula is C10H18N4S2. The molecule has 1 atom stereocenters. The number of hydrogen-bond donors (Lipinski definition) is 2. The molecule has 1 saturated heterocycles. The van der Waals surface area contributed by atoms with E-state index in [0.717, 1.165) is 15.6 Å². The zero-order chi connectivity index (χ0) is 11.4. The first kappa shape index (κ1) is 12.0. The predicted octanol–water partition coefficient (Wildman–Crippen LogP) is 2.49. The van der Waals surface area contributed by atoms with Gasteiger partial charge in [-0.1, -0.05) is 17.8 Å². The summed E-state index contributed by atoms with van der Waals surface area (Å²) in [5.74, 6) is 0. The molecular weight excluding hydrogens is 240 g/mol. The van der Waals surface area contributed by atoms with Crippen molar-refractivity contribution in [3.8, 4) is 0 Å². The van der Waals surface area contributed by atoms with Crippen molar-refractivity contribution in [2.45, 2.75) is 32.2 Å². The molecule has 1 aromatic rings. The topological polar surface area (TPSA) is 44.0 Å². The van der Waals surface area contributed by atoms with Crippen LogP contribution in [0.5, 0.6) is 0 Å². The normalized spacial score (nSPS) is 19.6. The Bertz CT molecular complexity index is 367. The molecule has 2 heterocycles. The first-order valence-corrected chi connectivity index (χ1v) is 7.01. The molecule has 90 valence electrons. The first-order valence-electron chi connectivity index (χ1n) is 5.78. The lowest BCUT2D eigenvalue weighted by Crippen LogP contribution is -2.38. The SMILES string of the molecule is CC(CN1CCCCC1)Nc1n[nH]c(=S)s1. The van der Waals surface area contributed by atoms with Gasteiger partial charge in [-0.15, -0.1) is 5.10 Å². The average Bonchev–Trinajstić information content (AvgIpc) is 2.65. The van der Waals surface area contributed by atoms with Gasteiger partial charge in [-0.25, -0.2) is 0 Å². The molecule has 4 nitrogen and oxygen atoms in total. The molecule has 2 rings (SSSR count). The Morgan fingerprint density at radius 3 is 2.88 bits per heavy atom. The highest BCUT2D eigenvalue weighted by Crippen LogP contribution is 2.14. The molecule has 2 N–H and O–H groups in total. The summed E-state index contributed by atoms with van der Waals surface area (Å²) in [5, 5.41) is 11.2. The number of aromatic nitrogens is 2. The number of H-pyrrole nitrogens is 1. The maximum atomic E-state index is 5.00. The van der Waals surface area contributed by atoms with Gasteiger partial charge in [0.05, 0.1) is 0 Å². The van der Waals surface area contributed by atoms with E-state index in [4.69, 9.17) is 12.2 Å². The number of piperidine rings is 1. The Morgan fingerprint density at radius 1 is 1.50 bits per heavy atom. The van der Waals surface area contributed by atoms with Crippen LogP contribution in [0.15, 0.2) is 0 Å². The Hall–Kier alpha value is -0.460. The van der Waals surface area contributed by atoms with Crippen LogP contribution in [-0.2, 0) is 0 Å². The van der Waals surface area contributed by atoms with Gasteiger partial charge in [0.1, 0.15) is 0 Å². The zero-order valence-corrected chi connectivity index (χ0v) is 11.2. The number of hydrogen-bond acceptors (Lipinski definition) is 5. The second kappa shape index (κ2) is 5.75. The summed E-state index contributed by atoms with van der Waals surface area (Å²) >= 11 is 6.49. The lowest BCUT2D eigenvalue weighted by atomic mass is 10.1. The van der Waals surface area contributed by atoms with Crippen molar-refractivity contribution in [2.75, 3.05) is 25.0 Å². The fraction of sp³-hybridized carbons (Fsp3) is 0.800. The van der Waals surface area contributed by atoms with Crippen LogP contribution in [0, 0.1) is 3.95 Å². The lowest BCUT2D eigenvalue weighted by Gasteiger charge is -2.29. The van der Waals surface area contributed by atoms with E-state index in [-0.39, 0.29) is 0 Å². The molecule has 0 bridgehead atoms. The smallest absolute Gasteiger partial charge is 0.204 e. The Kier molecular flexibility index (Phi) is 4.31. The summed E-state index contributed by atoms with van der Waals surface area (Å²) in [6.45, 7) is 5.76. The maximum absolute atomic E-state index is 5.00. The van der Waals surface area contributed by atoms with Gasteiger partial charge in [0.25, 0.3) is 0 Å². The summed E-state index contributed by atoms with van der Waals surface area (Å²) in [6, 6.07) is 0.423. The molecule has 1 aliphatic rings. The predicted molar refractivity (Wildman–Crippen MR) is 70.7 cm³/mol. The van der Waals surface area contributed by atoms with Crippen molar-refractivity contribution in [1.29, 1.82) is 0 Å². The molecule has 1 unspecified atom stereocenters. The lowest BCUT2D eigenvalue weighted by molar-refractivity contribution is 0.223. The average molecular weight is 258 g/mol. The van der Waals surface area contributed by atoms with E-state index in [1.54, 1.807) is 0 Å². The quantitative estimate of drug-likeness (QED) is 0.814. The van der Waals surface area contributed by atoms with Crippen molar-refractivity contribution >= 4 is 28.7 Å². The van der Waals surface area contributed by atoms with E-state index >= 15 is 0 Å². The van der Waals surface area contributed by atoms with Gasteiger partial charge in [-0.05, 0) is 45.1 Å². The molecule has 0 aliphatic carbocycles. The van der Waals surface area contributed by atoms with Crippen LogP contribution in [-0.4, -0.2) is 40.8 Å². The Morgan fingerprint density at radius 2 is 2.25 bits per heavy atom. The molecule has 0 saturated carbocycles. The summed E-state index contributed by atoms with van der Waals surface area (Å²) in [6.07, 6.45) is 4.07. The van der Waals surface area contributed by atoms with Crippen molar-refractivity contribution in [2.24, 2.45) is 0 Å².